The van der Waals surface area contributed by atoms with E-state index in [0.717, 1.165) is 16.5 Å². The first kappa shape index (κ1) is 11.1. The summed E-state index contributed by atoms with van der Waals surface area (Å²) in [5, 5.41) is 5.15. The molecule has 0 radical (unpaired) electrons. The Morgan fingerprint density at radius 3 is 3.00 bits per heavy atom. The SMILES string of the molecule is CSC1CNCC1N1CCSC(C)C1. The monoisotopic (exact) mass is 232 g/mol. The van der Waals surface area contributed by atoms with Crippen LogP contribution in [0.1, 0.15) is 6.92 Å². The molecule has 0 aromatic carbocycles. The molecule has 0 aromatic heterocycles. The molecule has 2 aliphatic heterocycles. The van der Waals surface area contributed by atoms with Gasteiger partial charge in [-0.3, -0.25) is 4.90 Å². The predicted octanol–water partition coefficient (Wildman–Crippen LogP) is 1.13. The van der Waals surface area contributed by atoms with E-state index in [0.29, 0.717) is 0 Å². The molecule has 82 valence electrons. The van der Waals surface area contributed by atoms with Gasteiger partial charge in [-0.25, -0.2) is 0 Å². The maximum atomic E-state index is 3.52. The average Bonchev–Trinajstić information content (AvgIpc) is 2.65. The van der Waals surface area contributed by atoms with E-state index in [2.05, 4.69) is 35.2 Å². The van der Waals surface area contributed by atoms with Crippen molar-refractivity contribution in [2.24, 2.45) is 0 Å². The predicted molar refractivity (Wildman–Crippen MR) is 67.5 cm³/mol. The van der Waals surface area contributed by atoms with Gasteiger partial charge in [0.25, 0.3) is 0 Å². The van der Waals surface area contributed by atoms with Crippen LogP contribution in [0.5, 0.6) is 0 Å². The fourth-order valence-electron chi connectivity index (χ4n) is 2.39. The summed E-state index contributed by atoms with van der Waals surface area (Å²) in [6.07, 6.45) is 2.24. The first-order valence-corrected chi connectivity index (χ1v) is 7.74. The van der Waals surface area contributed by atoms with Gasteiger partial charge in [0, 0.05) is 48.5 Å². The topological polar surface area (TPSA) is 15.3 Å². The van der Waals surface area contributed by atoms with E-state index in [-0.39, 0.29) is 0 Å². The lowest BCUT2D eigenvalue weighted by molar-refractivity contribution is 0.221. The summed E-state index contributed by atoms with van der Waals surface area (Å²) in [5.74, 6) is 1.32. The Kier molecular flexibility index (Phi) is 4.05. The van der Waals surface area contributed by atoms with Gasteiger partial charge in [-0.1, -0.05) is 6.92 Å². The highest BCUT2D eigenvalue weighted by Crippen LogP contribution is 2.25. The molecule has 0 amide bonds. The van der Waals surface area contributed by atoms with Crippen LogP contribution in [0.2, 0.25) is 0 Å². The van der Waals surface area contributed by atoms with E-state index in [1.165, 1.54) is 31.9 Å². The van der Waals surface area contributed by atoms with Crippen LogP contribution in [0.15, 0.2) is 0 Å². The number of thioether (sulfide) groups is 2. The van der Waals surface area contributed by atoms with Crippen molar-refractivity contribution in [3.63, 3.8) is 0 Å². The van der Waals surface area contributed by atoms with Crippen LogP contribution in [-0.4, -0.2) is 59.6 Å². The molecule has 2 aliphatic rings. The molecule has 0 aliphatic carbocycles. The van der Waals surface area contributed by atoms with Crippen LogP contribution < -0.4 is 5.32 Å². The number of rotatable bonds is 2. The number of nitrogens with zero attached hydrogens (tertiary/aromatic N) is 1. The van der Waals surface area contributed by atoms with Crippen molar-refractivity contribution in [1.29, 1.82) is 0 Å². The van der Waals surface area contributed by atoms with Gasteiger partial charge in [0.15, 0.2) is 0 Å². The molecule has 14 heavy (non-hydrogen) atoms. The molecule has 0 aromatic rings. The Balaban J connectivity index is 1.92. The summed E-state index contributed by atoms with van der Waals surface area (Å²) in [6.45, 7) is 7.33. The van der Waals surface area contributed by atoms with Gasteiger partial charge in [-0.05, 0) is 6.26 Å². The van der Waals surface area contributed by atoms with Crippen molar-refractivity contribution in [3.05, 3.63) is 0 Å². The summed E-state index contributed by atoms with van der Waals surface area (Å²) in [4.78, 5) is 2.70. The van der Waals surface area contributed by atoms with E-state index in [9.17, 15) is 0 Å². The molecule has 2 rings (SSSR count). The van der Waals surface area contributed by atoms with Crippen LogP contribution in [0.4, 0.5) is 0 Å². The van der Waals surface area contributed by atoms with Crippen molar-refractivity contribution in [1.82, 2.24) is 10.2 Å². The Hall–Kier alpha value is 0.620. The molecule has 2 heterocycles. The van der Waals surface area contributed by atoms with Gasteiger partial charge in [0.05, 0.1) is 0 Å². The molecule has 3 unspecified atom stereocenters. The molecule has 1 N–H and O–H groups in total. The maximum Gasteiger partial charge on any atom is 0.0352 e. The largest absolute Gasteiger partial charge is 0.314 e. The lowest BCUT2D eigenvalue weighted by Gasteiger charge is -2.37. The Morgan fingerprint density at radius 1 is 1.43 bits per heavy atom. The highest BCUT2D eigenvalue weighted by Gasteiger charge is 2.33. The molecule has 2 nitrogen and oxygen atoms in total. The Labute approximate surface area is 95.6 Å². The van der Waals surface area contributed by atoms with Crippen molar-refractivity contribution in [2.75, 3.05) is 38.2 Å². The van der Waals surface area contributed by atoms with Crippen LogP contribution >= 0.6 is 23.5 Å². The minimum Gasteiger partial charge on any atom is -0.314 e. The number of hydrogen-bond donors (Lipinski definition) is 1. The molecule has 0 spiro atoms. The lowest BCUT2D eigenvalue weighted by atomic mass is 10.2. The van der Waals surface area contributed by atoms with Crippen molar-refractivity contribution < 1.29 is 0 Å². The normalized spacial score (nSPS) is 40.3. The zero-order valence-corrected chi connectivity index (χ0v) is 10.7. The fraction of sp³-hybridized carbons (Fsp3) is 1.00. The molecule has 4 heteroatoms. The van der Waals surface area contributed by atoms with E-state index in [4.69, 9.17) is 0 Å². The maximum absolute atomic E-state index is 3.52. The van der Waals surface area contributed by atoms with E-state index in [1.54, 1.807) is 0 Å². The molecule has 0 saturated carbocycles. The fourth-order valence-corrected chi connectivity index (χ4v) is 4.30. The minimum atomic E-state index is 0.786. The number of hydrogen-bond acceptors (Lipinski definition) is 4. The first-order valence-electron chi connectivity index (χ1n) is 5.40. The van der Waals surface area contributed by atoms with E-state index >= 15 is 0 Å². The molecular weight excluding hydrogens is 212 g/mol. The van der Waals surface area contributed by atoms with Gasteiger partial charge in [0.1, 0.15) is 0 Å². The van der Waals surface area contributed by atoms with Gasteiger partial charge in [-0.15, -0.1) is 0 Å². The second kappa shape index (κ2) is 5.10. The average molecular weight is 232 g/mol. The molecule has 2 saturated heterocycles. The lowest BCUT2D eigenvalue weighted by Crippen LogP contribution is -2.48. The third-order valence-electron chi connectivity index (χ3n) is 3.17. The van der Waals surface area contributed by atoms with E-state index in [1.807, 2.05) is 11.8 Å². The third kappa shape index (κ3) is 2.40. The van der Waals surface area contributed by atoms with Gasteiger partial charge >= 0.3 is 0 Å². The Morgan fingerprint density at radius 2 is 2.29 bits per heavy atom. The van der Waals surface area contributed by atoms with Crippen LogP contribution in [0.25, 0.3) is 0 Å². The summed E-state index contributed by atoms with van der Waals surface area (Å²) >= 11 is 4.14. The summed E-state index contributed by atoms with van der Waals surface area (Å²) in [7, 11) is 0. The molecule has 0 bridgehead atoms. The van der Waals surface area contributed by atoms with Crippen LogP contribution in [0, 0.1) is 0 Å². The Bertz CT molecular complexity index is 189. The summed E-state index contributed by atoms with van der Waals surface area (Å²) in [6, 6.07) is 0.786. The van der Waals surface area contributed by atoms with Gasteiger partial charge in [-0.2, -0.15) is 23.5 Å². The zero-order valence-electron chi connectivity index (χ0n) is 9.03. The zero-order chi connectivity index (χ0) is 9.97. The van der Waals surface area contributed by atoms with E-state index < -0.39 is 0 Å². The smallest absolute Gasteiger partial charge is 0.0352 e. The second-order valence-corrected chi connectivity index (χ2v) is 6.80. The van der Waals surface area contributed by atoms with Crippen molar-refractivity contribution in [2.45, 2.75) is 23.5 Å². The standard InChI is InChI=1S/C10H20N2S2/c1-8-7-12(3-4-14-8)9-5-11-6-10(9)13-2/h8-11H,3-7H2,1-2H3. The highest BCUT2D eigenvalue weighted by atomic mass is 32.2. The summed E-state index contributed by atoms with van der Waals surface area (Å²) in [5.41, 5.74) is 0. The van der Waals surface area contributed by atoms with Gasteiger partial charge in [0.2, 0.25) is 0 Å². The number of nitrogens with one attached hydrogen (secondary N) is 1. The van der Waals surface area contributed by atoms with Crippen molar-refractivity contribution >= 4 is 23.5 Å². The minimum absolute atomic E-state index is 0.786. The quantitative estimate of drug-likeness (QED) is 0.767. The first-order chi connectivity index (χ1) is 6.81. The summed E-state index contributed by atoms with van der Waals surface area (Å²) < 4.78 is 0. The van der Waals surface area contributed by atoms with Crippen LogP contribution in [0.3, 0.4) is 0 Å². The molecular formula is C10H20N2S2. The van der Waals surface area contributed by atoms with Crippen LogP contribution in [-0.2, 0) is 0 Å². The third-order valence-corrected chi connectivity index (χ3v) is 5.40. The van der Waals surface area contributed by atoms with Crippen molar-refractivity contribution in [3.8, 4) is 0 Å². The second-order valence-electron chi connectivity index (χ2n) is 4.18. The highest BCUT2D eigenvalue weighted by molar-refractivity contribution is 8.00. The van der Waals surface area contributed by atoms with Gasteiger partial charge < -0.3 is 5.32 Å². The molecule has 3 atom stereocenters. The molecule has 2 fully saturated rings.